The fraction of sp³-hybridized carbons (Fsp3) is 0.579. The number of halogens is 2. The molecule has 0 atom stereocenters. The molecule has 0 spiro atoms. The third-order valence-electron chi connectivity index (χ3n) is 5.31. The molecule has 28 heavy (non-hydrogen) atoms. The van der Waals surface area contributed by atoms with E-state index < -0.39 is 11.6 Å². The topological polar surface area (TPSA) is 53.5 Å². The number of aromatic nitrogens is 2. The minimum absolute atomic E-state index is 0.393. The molecule has 0 radical (unpaired) electrons. The van der Waals surface area contributed by atoms with E-state index in [1.165, 1.54) is 23.7 Å². The Labute approximate surface area is 167 Å². The summed E-state index contributed by atoms with van der Waals surface area (Å²) in [5.41, 5.74) is 0.828. The van der Waals surface area contributed by atoms with Crippen molar-refractivity contribution in [3.05, 3.63) is 35.4 Å². The molecule has 6 nitrogen and oxygen atoms in total. The van der Waals surface area contributed by atoms with Gasteiger partial charge in [-0.05, 0) is 37.0 Å². The lowest BCUT2D eigenvalue weighted by molar-refractivity contribution is 0.0903. The number of ether oxygens (including phenoxy) is 1. The van der Waals surface area contributed by atoms with Crippen molar-refractivity contribution in [3.63, 3.8) is 0 Å². The molecule has 2 fully saturated rings. The molecule has 1 aromatic carbocycles. The number of nitrogens with one attached hydrogen (secondary N) is 1. The van der Waals surface area contributed by atoms with Crippen LogP contribution < -0.4 is 10.2 Å². The van der Waals surface area contributed by atoms with Gasteiger partial charge >= 0.3 is 0 Å². The monoisotopic (exact) mass is 409 g/mol. The third kappa shape index (κ3) is 4.95. The van der Waals surface area contributed by atoms with Gasteiger partial charge in [-0.1, -0.05) is 6.07 Å². The maximum absolute atomic E-state index is 13.3. The van der Waals surface area contributed by atoms with Crippen molar-refractivity contribution in [1.29, 1.82) is 0 Å². The van der Waals surface area contributed by atoms with E-state index in [0.29, 0.717) is 12.0 Å². The molecule has 2 aromatic rings. The first kappa shape index (κ1) is 19.5. The highest BCUT2D eigenvalue weighted by Crippen LogP contribution is 2.23. The zero-order valence-corrected chi connectivity index (χ0v) is 16.6. The minimum Gasteiger partial charge on any atom is -0.381 e. The normalized spacial score (nSPS) is 19.1. The van der Waals surface area contributed by atoms with Crippen LogP contribution in [0.15, 0.2) is 18.2 Å². The van der Waals surface area contributed by atoms with Crippen LogP contribution in [0.4, 0.5) is 19.9 Å². The Bertz CT molecular complexity index is 775. The van der Waals surface area contributed by atoms with E-state index in [-0.39, 0.29) is 0 Å². The summed E-state index contributed by atoms with van der Waals surface area (Å²) in [5, 5.41) is 4.36. The van der Waals surface area contributed by atoms with Gasteiger partial charge in [0.15, 0.2) is 11.6 Å². The van der Waals surface area contributed by atoms with Crippen LogP contribution in [-0.4, -0.2) is 66.2 Å². The second-order valence-corrected chi connectivity index (χ2v) is 7.99. The van der Waals surface area contributed by atoms with Crippen molar-refractivity contribution < 1.29 is 13.5 Å². The van der Waals surface area contributed by atoms with Gasteiger partial charge in [-0.25, -0.2) is 8.78 Å². The van der Waals surface area contributed by atoms with E-state index >= 15 is 0 Å². The van der Waals surface area contributed by atoms with Crippen LogP contribution in [0.1, 0.15) is 18.4 Å². The molecular weight excluding hydrogens is 384 g/mol. The molecule has 1 aromatic heterocycles. The van der Waals surface area contributed by atoms with E-state index in [0.717, 1.165) is 75.9 Å². The number of rotatable bonds is 6. The summed E-state index contributed by atoms with van der Waals surface area (Å²) in [6.45, 7) is 6.05. The Morgan fingerprint density at radius 3 is 2.64 bits per heavy atom. The standard InChI is InChI=1S/C19H25F2N5OS/c20-16-2-1-14(13-17(16)21)3-6-25-7-9-26(10-8-25)19-23-18(24-28-19)22-15-4-11-27-12-5-15/h1-2,13,15H,3-12H2,(H,22,24). The molecule has 0 unspecified atom stereocenters. The fourth-order valence-electron chi connectivity index (χ4n) is 3.57. The third-order valence-corrected chi connectivity index (χ3v) is 6.09. The van der Waals surface area contributed by atoms with Gasteiger partial charge in [-0.15, -0.1) is 0 Å². The van der Waals surface area contributed by atoms with E-state index in [9.17, 15) is 8.78 Å². The minimum atomic E-state index is -0.792. The first-order valence-corrected chi connectivity index (χ1v) is 10.5. The zero-order valence-electron chi connectivity index (χ0n) is 15.7. The van der Waals surface area contributed by atoms with Crippen molar-refractivity contribution in [2.45, 2.75) is 25.3 Å². The van der Waals surface area contributed by atoms with Gasteiger partial charge in [0.1, 0.15) is 0 Å². The summed E-state index contributed by atoms with van der Waals surface area (Å²) in [7, 11) is 0. The largest absolute Gasteiger partial charge is 0.381 e. The van der Waals surface area contributed by atoms with Crippen molar-refractivity contribution >= 4 is 22.6 Å². The number of piperazine rings is 1. The Morgan fingerprint density at radius 2 is 1.89 bits per heavy atom. The molecule has 2 aliphatic rings. The zero-order chi connectivity index (χ0) is 19.3. The van der Waals surface area contributed by atoms with Gasteiger partial charge in [-0.3, -0.25) is 4.90 Å². The second-order valence-electron chi connectivity index (χ2n) is 7.26. The number of hydrogen-bond acceptors (Lipinski definition) is 7. The summed E-state index contributed by atoms with van der Waals surface area (Å²) in [4.78, 5) is 9.26. The van der Waals surface area contributed by atoms with Crippen LogP contribution in [0.3, 0.4) is 0 Å². The van der Waals surface area contributed by atoms with Crippen molar-refractivity contribution in [3.8, 4) is 0 Å². The van der Waals surface area contributed by atoms with Crippen LogP contribution in [0, 0.1) is 11.6 Å². The average Bonchev–Trinajstić information content (AvgIpc) is 3.18. The molecule has 9 heteroatoms. The lowest BCUT2D eigenvalue weighted by Gasteiger charge is -2.34. The van der Waals surface area contributed by atoms with E-state index in [2.05, 4.69) is 24.5 Å². The number of benzene rings is 1. The summed E-state index contributed by atoms with van der Waals surface area (Å²) in [5.74, 6) is -0.850. The molecule has 0 aliphatic carbocycles. The smallest absolute Gasteiger partial charge is 0.236 e. The maximum Gasteiger partial charge on any atom is 0.236 e. The predicted molar refractivity (Wildman–Crippen MR) is 106 cm³/mol. The SMILES string of the molecule is Fc1ccc(CCN2CCN(c3nc(NC4CCOCC4)ns3)CC2)cc1F. The Morgan fingerprint density at radius 1 is 1.11 bits per heavy atom. The Hall–Kier alpha value is -1.84. The Balaban J connectivity index is 1.23. The number of anilines is 2. The highest BCUT2D eigenvalue weighted by atomic mass is 32.1. The quantitative estimate of drug-likeness (QED) is 0.792. The Kier molecular flexibility index (Phi) is 6.33. The first-order valence-electron chi connectivity index (χ1n) is 9.76. The maximum atomic E-state index is 13.3. The van der Waals surface area contributed by atoms with Crippen LogP contribution in [-0.2, 0) is 11.2 Å². The summed E-state index contributed by atoms with van der Waals surface area (Å²) >= 11 is 1.43. The molecule has 0 amide bonds. The molecule has 4 rings (SSSR count). The van der Waals surface area contributed by atoms with E-state index in [4.69, 9.17) is 4.74 Å². The molecule has 2 saturated heterocycles. The van der Waals surface area contributed by atoms with Crippen molar-refractivity contribution in [2.75, 3.05) is 56.2 Å². The lowest BCUT2D eigenvalue weighted by Crippen LogP contribution is -2.47. The summed E-state index contributed by atoms with van der Waals surface area (Å²) in [6.07, 6.45) is 2.70. The molecule has 0 saturated carbocycles. The average molecular weight is 410 g/mol. The molecule has 2 aliphatic heterocycles. The van der Waals surface area contributed by atoms with E-state index in [1.807, 2.05) is 0 Å². The van der Waals surface area contributed by atoms with Gasteiger partial charge in [-0.2, -0.15) is 9.36 Å². The van der Waals surface area contributed by atoms with Crippen molar-refractivity contribution in [1.82, 2.24) is 14.3 Å². The van der Waals surface area contributed by atoms with Crippen molar-refractivity contribution in [2.24, 2.45) is 0 Å². The molecule has 1 N–H and O–H groups in total. The van der Waals surface area contributed by atoms with Gasteiger partial charge in [0.25, 0.3) is 0 Å². The second kappa shape index (κ2) is 9.11. The van der Waals surface area contributed by atoms with Gasteiger partial charge in [0, 0.05) is 63.5 Å². The highest BCUT2D eigenvalue weighted by Gasteiger charge is 2.21. The van der Waals surface area contributed by atoms with Gasteiger partial charge in [0.05, 0.1) is 0 Å². The fourth-order valence-corrected chi connectivity index (χ4v) is 4.26. The number of nitrogens with zero attached hydrogens (tertiary/aromatic N) is 4. The van der Waals surface area contributed by atoms with Crippen LogP contribution in [0.25, 0.3) is 0 Å². The molecular formula is C19H25F2N5OS. The van der Waals surface area contributed by atoms with Gasteiger partial charge < -0.3 is 15.0 Å². The molecule has 0 bridgehead atoms. The number of hydrogen-bond donors (Lipinski definition) is 1. The lowest BCUT2D eigenvalue weighted by atomic mass is 10.1. The van der Waals surface area contributed by atoms with Crippen LogP contribution >= 0.6 is 11.5 Å². The summed E-state index contributed by atoms with van der Waals surface area (Å²) < 4.78 is 36.2. The first-order chi connectivity index (χ1) is 13.7. The van der Waals surface area contributed by atoms with Gasteiger partial charge in [0.2, 0.25) is 11.1 Å². The van der Waals surface area contributed by atoms with E-state index in [1.54, 1.807) is 6.07 Å². The highest BCUT2D eigenvalue weighted by molar-refractivity contribution is 7.09. The van der Waals surface area contributed by atoms with Crippen LogP contribution in [0.2, 0.25) is 0 Å². The molecule has 152 valence electrons. The summed E-state index contributed by atoms with van der Waals surface area (Å²) in [6, 6.07) is 4.54. The predicted octanol–water partition coefficient (Wildman–Crippen LogP) is 2.77. The molecule has 3 heterocycles. The van der Waals surface area contributed by atoms with Crippen LogP contribution in [0.5, 0.6) is 0 Å².